The zero-order valence-corrected chi connectivity index (χ0v) is 17.8. The number of pyridine rings is 1. The van der Waals surface area contributed by atoms with Gasteiger partial charge in [-0.15, -0.1) is 0 Å². The number of aromatic nitrogens is 2. The molecule has 0 unspecified atom stereocenters. The number of nitrogens with one attached hydrogen (secondary N) is 1. The summed E-state index contributed by atoms with van der Waals surface area (Å²) in [5.74, 6) is 1.02. The van der Waals surface area contributed by atoms with Gasteiger partial charge in [-0.05, 0) is 49.6 Å². The van der Waals surface area contributed by atoms with Gasteiger partial charge in [0.2, 0.25) is 5.91 Å². The van der Waals surface area contributed by atoms with E-state index in [0.29, 0.717) is 42.3 Å². The molecule has 8 nitrogen and oxygen atoms in total. The van der Waals surface area contributed by atoms with Gasteiger partial charge in [0, 0.05) is 30.9 Å². The second kappa shape index (κ2) is 8.59. The molecule has 1 aromatic carbocycles. The first-order chi connectivity index (χ1) is 14.9. The Labute approximate surface area is 180 Å². The lowest BCUT2D eigenvalue weighted by atomic mass is 9.97. The zero-order valence-electron chi connectivity index (χ0n) is 17.8. The molecule has 4 rings (SSSR count). The van der Waals surface area contributed by atoms with E-state index in [1.807, 2.05) is 18.2 Å². The monoisotopic (exact) mass is 420 g/mol. The minimum atomic E-state index is -0.232. The fourth-order valence-corrected chi connectivity index (χ4v) is 3.72. The maximum absolute atomic E-state index is 12.3. The van der Waals surface area contributed by atoms with E-state index >= 15 is 0 Å². The van der Waals surface area contributed by atoms with Crippen LogP contribution in [0.3, 0.4) is 0 Å². The number of carbonyl (C=O) groups excluding carboxylic acids is 2. The number of fused-ring (bicyclic) bond motifs is 1. The molecule has 1 aliphatic heterocycles. The van der Waals surface area contributed by atoms with E-state index < -0.39 is 0 Å². The van der Waals surface area contributed by atoms with Gasteiger partial charge in [0.25, 0.3) is 5.91 Å². The van der Waals surface area contributed by atoms with Gasteiger partial charge < -0.3 is 19.5 Å². The Morgan fingerprint density at radius 2 is 2.03 bits per heavy atom. The van der Waals surface area contributed by atoms with Crippen molar-refractivity contribution in [2.45, 2.75) is 26.7 Å². The van der Waals surface area contributed by atoms with Crippen LogP contribution >= 0.6 is 0 Å². The number of nitrogens with zero attached hydrogens (tertiary/aromatic N) is 3. The third kappa shape index (κ3) is 4.28. The SMILES string of the molecule is Cc1noc(C)c1C(=O)NCCOc1cncc(-c2ccc3c(c2)CCC(=O)N3C)c1. The molecule has 160 valence electrons. The molecule has 0 atom stereocenters. The molecule has 0 aliphatic carbocycles. The third-order valence-corrected chi connectivity index (χ3v) is 5.39. The zero-order chi connectivity index (χ0) is 22.0. The summed E-state index contributed by atoms with van der Waals surface area (Å²) in [7, 11) is 1.81. The highest BCUT2D eigenvalue weighted by Crippen LogP contribution is 2.32. The lowest BCUT2D eigenvalue weighted by molar-refractivity contribution is -0.118. The van der Waals surface area contributed by atoms with E-state index in [1.54, 1.807) is 38.2 Å². The van der Waals surface area contributed by atoms with Gasteiger partial charge >= 0.3 is 0 Å². The molecule has 31 heavy (non-hydrogen) atoms. The first-order valence-electron chi connectivity index (χ1n) is 10.1. The standard InChI is InChI=1S/C23H24N4O4/c1-14-22(15(2)31-26-14)23(29)25-8-9-30-19-11-18(12-24-13-19)16-4-6-20-17(10-16)5-7-21(28)27(20)3/h4,6,10-13H,5,7-9H2,1-3H3,(H,25,29). The van der Waals surface area contributed by atoms with Crippen LogP contribution in [0.1, 0.15) is 33.8 Å². The fourth-order valence-electron chi connectivity index (χ4n) is 3.72. The second-order valence-electron chi connectivity index (χ2n) is 7.51. The summed E-state index contributed by atoms with van der Waals surface area (Å²) in [6.45, 7) is 4.08. The predicted octanol–water partition coefficient (Wildman–Crippen LogP) is 3.07. The Bertz CT molecular complexity index is 1120. The smallest absolute Gasteiger partial charge is 0.256 e. The summed E-state index contributed by atoms with van der Waals surface area (Å²) in [6.07, 6.45) is 4.69. The molecule has 8 heteroatoms. The molecule has 0 bridgehead atoms. The summed E-state index contributed by atoms with van der Waals surface area (Å²) in [5, 5.41) is 6.60. The van der Waals surface area contributed by atoms with Gasteiger partial charge in [0.05, 0.1) is 18.4 Å². The van der Waals surface area contributed by atoms with Gasteiger partial charge in [0.15, 0.2) is 0 Å². The Balaban J connectivity index is 1.38. The normalized spacial score (nSPS) is 13.1. The first-order valence-corrected chi connectivity index (χ1v) is 10.1. The van der Waals surface area contributed by atoms with Crippen molar-refractivity contribution in [1.29, 1.82) is 0 Å². The maximum Gasteiger partial charge on any atom is 0.256 e. The van der Waals surface area contributed by atoms with Crippen LogP contribution in [0.25, 0.3) is 11.1 Å². The summed E-state index contributed by atoms with van der Waals surface area (Å²) < 4.78 is 10.8. The second-order valence-corrected chi connectivity index (χ2v) is 7.51. The number of rotatable bonds is 6. The topological polar surface area (TPSA) is 97.6 Å². The number of ether oxygens (including phenoxy) is 1. The molecule has 0 spiro atoms. The van der Waals surface area contributed by atoms with Crippen molar-refractivity contribution in [1.82, 2.24) is 15.5 Å². The van der Waals surface area contributed by atoms with Crippen molar-refractivity contribution in [2.24, 2.45) is 0 Å². The summed E-state index contributed by atoms with van der Waals surface area (Å²) >= 11 is 0. The molecule has 2 amide bonds. The number of benzene rings is 1. The van der Waals surface area contributed by atoms with E-state index in [1.165, 1.54) is 0 Å². The largest absolute Gasteiger partial charge is 0.490 e. The Morgan fingerprint density at radius 3 is 2.81 bits per heavy atom. The van der Waals surface area contributed by atoms with Gasteiger partial charge in [-0.3, -0.25) is 14.6 Å². The quantitative estimate of drug-likeness (QED) is 0.616. The molecule has 3 aromatic rings. The Kier molecular flexibility index (Phi) is 5.70. The molecular formula is C23H24N4O4. The highest BCUT2D eigenvalue weighted by atomic mass is 16.5. The van der Waals surface area contributed by atoms with Crippen molar-refractivity contribution in [3.05, 3.63) is 59.2 Å². The Morgan fingerprint density at radius 1 is 1.19 bits per heavy atom. The lowest BCUT2D eigenvalue weighted by Gasteiger charge is -2.26. The number of hydrogen-bond donors (Lipinski definition) is 1. The van der Waals surface area contributed by atoms with Crippen LogP contribution in [0, 0.1) is 13.8 Å². The van der Waals surface area contributed by atoms with Gasteiger partial charge in [-0.25, -0.2) is 0 Å². The van der Waals surface area contributed by atoms with E-state index in [0.717, 1.165) is 28.8 Å². The molecule has 3 heterocycles. The van der Waals surface area contributed by atoms with Gasteiger partial charge in [-0.1, -0.05) is 11.2 Å². The predicted molar refractivity (Wildman–Crippen MR) is 115 cm³/mol. The molecule has 1 N–H and O–H groups in total. The van der Waals surface area contributed by atoms with Crippen molar-refractivity contribution in [3.63, 3.8) is 0 Å². The molecule has 1 aliphatic rings. The number of aryl methyl sites for hydroxylation is 3. The van der Waals surface area contributed by atoms with Crippen LogP contribution in [0.4, 0.5) is 5.69 Å². The van der Waals surface area contributed by atoms with E-state index in [-0.39, 0.29) is 11.8 Å². The summed E-state index contributed by atoms with van der Waals surface area (Å²) in [5.41, 5.74) is 5.07. The van der Waals surface area contributed by atoms with Gasteiger partial charge in [-0.2, -0.15) is 0 Å². The number of hydrogen-bond acceptors (Lipinski definition) is 6. The lowest BCUT2D eigenvalue weighted by Crippen LogP contribution is -2.30. The van der Waals surface area contributed by atoms with Crippen molar-refractivity contribution < 1.29 is 18.8 Å². The van der Waals surface area contributed by atoms with Gasteiger partial charge in [0.1, 0.15) is 23.7 Å². The molecular weight excluding hydrogens is 396 g/mol. The number of anilines is 1. The molecule has 2 aromatic heterocycles. The molecule has 0 saturated carbocycles. The molecule has 0 fully saturated rings. The van der Waals surface area contributed by atoms with Crippen molar-refractivity contribution in [3.8, 4) is 16.9 Å². The summed E-state index contributed by atoms with van der Waals surface area (Å²) in [6, 6.07) is 7.98. The van der Waals surface area contributed by atoms with Crippen LogP contribution in [0.5, 0.6) is 5.75 Å². The van der Waals surface area contributed by atoms with Crippen LogP contribution in [-0.4, -0.2) is 42.2 Å². The Hall–Kier alpha value is -3.68. The first kappa shape index (κ1) is 20.6. The fraction of sp³-hybridized carbons (Fsp3) is 0.304. The van der Waals surface area contributed by atoms with Crippen LogP contribution in [0.15, 0.2) is 41.2 Å². The highest BCUT2D eigenvalue weighted by Gasteiger charge is 2.21. The minimum Gasteiger partial charge on any atom is -0.490 e. The number of carbonyl (C=O) groups is 2. The maximum atomic E-state index is 12.3. The molecule has 0 saturated heterocycles. The van der Waals surface area contributed by atoms with E-state index in [2.05, 4.69) is 21.5 Å². The minimum absolute atomic E-state index is 0.138. The highest BCUT2D eigenvalue weighted by molar-refractivity contribution is 5.96. The third-order valence-electron chi connectivity index (χ3n) is 5.39. The summed E-state index contributed by atoms with van der Waals surface area (Å²) in [4.78, 5) is 30.1. The molecule has 0 radical (unpaired) electrons. The average Bonchev–Trinajstić information content (AvgIpc) is 3.12. The van der Waals surface area contributed by atoms with Crippen LogP contribution < -0.4 is 15.0 Å². The van der Waals surface area contributed by atoms with E-state index in [4.69, 9.17) is 9.26 Å². The van der Waals surface area contributed by atoms with Crippen LogP contribution in [0.2, 0.25) is 0 Å². The van der Waals surface area contributed by atoms with E-state index in [9.17, 15) is 9.59 Å². The average molecular weight is 420 g/mol. The van der Waals surface area contributed by atoms with Crippen molar-refractivity contribution in [2.75, 3.05) is 25.1 Å². The number of amides is 2. The van der Waals surface area contributed by atoms with Crippen LogP contribution in [-0.2, 0) is 11.2 Å². The van der Waals surface area contributed by atoms with Crippen molar-refractivity contribution >= 4 is 17.5 Å².